The van der Waals surface area contributed by atoms with Crippen molar-refractivity contribution in [2.75, 3.05) is 26.3 Å². The monoisotopic (exact) mass is 392 g/mol. The van der Waals surface area contributed by atoms with Crippen LogP contribution in [-0.4, -0.2) is 64.4 Å². The number of morpholine rings is 1. The number of aromatic nitrogens is 3. The van der Waals surface area contributed by atoms with Crippen LogP contribution in [0, 0.1) is 0 Å². The summed E-state index contributed by atoms with van der Waals surface area (Å²) in [5.41, 5.74) is 3.70. The predicted octanol–water partition coefficient (Wildman–Crippen LogP) is 2.01. The lowest BCUT2D eigenvalue weighted by atomic mass is 10.1. The highest BCUT2D eigenvalue weighted by atomic mass is 16.5. The summed E-state index contributed by atoms with van der Waals surface area (Å²) in [5.74, 6) is 0.839. The van der Waals surface area contributed by atoms with E-state index in [1.165, 1.54) is 0 Å². The summed E-state index contributed by atoms with van der Waals surface area (Å²) >= 11 is 0. The number of Topliss-reactive ketones (excluding diaryl/α,β-unsaturated/α-hetero) is 1. The number of ether oxygens (including phenoxy) is 2. The molecule has 0 bridgehead atoms. The maximum Gasteiger partial charge on any atom is 0.254 e. The molecule has 1 atom stereocenters. The molecule has 1 unspecified atom stereocenters. The van der Waals surface area contributed by atoms with E-state index in [-0.39, 0.29) is 17.8 Å². The van der Waals surface area contributed by atoms with E-state index in [2.05, 4.69) is 15.4 Å². The first-order chi connectivity index (χ1) is 14.2. The summed E-state index contributed by atoms with van der Waals surface area (Å²) in [4.78, 5) is 26.6. The number of hydrogen-bond donors (Lipinski definition) is 1. The molecule has 1 amide bonds. The van der Waals surface area contributed by atoms with E-state index in [1.807, 2.05) is 18.2 Å². The van der Waals surface area contributed by atoms with Crippen LogP contribution in [0.5, 0.6) is 5.75 Å². The number of fused-ring (bicyclic) bond motifs is 2. The summed E-state index contributed by atoms with van der Waals surface area (Å²) in [6.07, 6.45) is 1.02. The van der Waals surface area contributed by atoms with Gasteiger partial charge >= 0.3 is 0 Å². The fourth-order valence-electron chi connectivity index (χ4n) is 3.94. The minimum Gasteiger partial charge on any atom is -0.491 e. The number of benzene rings is 2. The molecule has 29 heavy (non-hydrogen) atoms. The van der Waals surface area contributed by atoms with Crippen LogP contribution in [0.25, 0.3) is 11.0 Å². The smallest absolute Gasteiger partial charge is 0.254 e. The average molecular weight is 392 g/mol. The third-order valence-electron chi connectivity index (χ3n) is 5.45. The number of H-pyrrole nitrogens is 1. The van der Waals surface area contributed by atoms with E-state index in [1.54, 1.807) is 23.1 Å². The number of nitrogens with zero attached hydrogens (tertiary/aromatic N) is 3. The van der Waals surface area contributed by atoms with Crippen molar-refractivity contribution in [3.63, 3.8) is 0 Å². The Labute approximate surface area is 166 Å². The Balaban J connectivity index is 1.25. The molecule has 0 saturated carbocycles. The van der Waals surface area contributed by atoms with E-state index in [0.717, 1.165) is 22.4 Å². The second-order valence-electron chi connectivity index (χ2n) is 7.29. The maximum absolute atomic E-state index is 12.9. The second kappa shape index (κ2) is 7.29. The summed E-state index contributed by atoms with van der Waals surface area (Å²) in [6, 6.07) is 10.9. The van der Waals surface area contributed by atoms with Crippen molar-refractivity contribution >= 4 is 22.7 Å². The van der Waals surface area contributed by atoms with Gasteiger partial charge in [0.05, 0.1) is 13.2 Å². The zero-order valence-corrected chi connectivity index (χ0v) is 15.8. The van der Waals surface area contributed by atoms with Gasteiger partial charge in [0.25, 0.3) is 5.91 Å². The van der Waals surface area contributed by atoms with Gasteiger partial charge in [-0.15, -0.1) is 0 Å². The molecular weight excluding hydrogens is 372 g/mol. The molecule has 8 heteroatoms. The Kier molecular flexibility index (Phi) is 4.48. The van der Waals surface area contributed by atoms with Crippen molar-refractivity contribution in [3.05, 3.63) is 53.1 Å². The molecular formula is C21H20N4O4. The summed E-state index contributed by atoms with van der Waals surface area (Å²) in [5, 5.41) is 10.6. The Morgan fingerprint density at radius 3 is 3.03 bits per heavy atom. The quantitative estimate of drug-likeness (QED) is 0.729. The van der Waals surface area contributed by atoms with Crippen molar-refractivity contribution in [2.45, 2.75) is 18.9 Å². The van der Waals surface area contributed by atoms with Gasteiger partial charge in [0, 0.05) is 29.7 Å². The van der Waals surface area contributed by atoms with E-state index in [4.69, 9.17) is 9.47 Å². The molecule has 0 radical (unpaired) electrons. The highest BCUT2D eigenvalue weighted by Gasteiger charge is 2.27. The van der Waals surface area contributed by atoms with Gasteiger partial charge in [-0.1, -0.05) is 12.1 Å². The molecule has 148 valence electrons. The Morgan fingerprint density at radius 2 is 2.10 bits per heavy atom. The lowest BCUT2D eigenvalue weighted by Crippen LogP contribution is -2.47. The lowest BCUT2D eigenvalue weighted by molar-refractivity contribution is -0.0402. The topological polar surface area (TPSA) is 97.4 Å². The molecule has 1 aromatic heterocycles. The van der Waals surface area contributed by atoms with Gasteiger partial charge in [0.1, 0.15) is 29.5 Å². The molecule has 1 saturated heterocycles. The van der Waals surface area contributed by atoms with Crippen molar-refractivity contribution in [3.8, 4) is 5.75 Å². The van der Waals surface area contributed by atoms with Crippen molar-refractivity contribution < 1.29 is 19.1 Å². The normalized spacial score (nSPS) is 18.8. The summed E-state index contributed by atoms with van der Waals surface area (Å²) in [7, 11) is 0. The highest BCUT2D eigenvalue weighted by Crippen LogP contribution is 2.30. The van der Waals surface area contributed by atoms with Crippen LogP contribution in [-0.2, 0) is 11.2 Å². The SMILES string of the molecule is O=C1CCc2c(OCC3CN(C(=O)c4ccc5n[nH]nc5c4)CCO3)cccc21. The first kappa shape index (κ1) is 17.8. The molecule has 1 fully saturated rings. The summed E-state index contributed by atoms with van der Waals surface area (Å²) < 4.78 is 11.8. The van der Waals surface area contributed by atoms with E-state index in [0.29, 0.717) is 50.2 Å². The number of aromatic amines is 1. The maximum atomic E-state index is 12.9. The van der Waals surface area contributed by atoms with E-state index < -0.39 is 0 Å². The number of carbonyl (C=O) groups excluding carboxylic acids is 2. The minimum absolute atomic E-state index is 0.0607. The van der Waals surface area contributed by atoms with Crippen molar-refractivity contribution in [2.24, 2.45) is 0 Å². The van der Waals surface area contributed by atoms with Gasteiger partial charge in [0.2, 0.25) is 0 Å². The minimum atomic E-state index is -0.226. The van der Waals surface area contributed by atoms with Gasteiger partial charge in [-0.2, -0.15) is 15.4 Å². The standard InChI is InChI=1S/C21H20N4O4/c26-19-7-5-16-15(19)2-1-3-20(16)29-12-14-11-25(8-9-28-14)21(27)13-4-6-17-18(10-13)23-24-22-17/h1-4,6,10,14H,5,7-9,11-12H2,(H,22,23,24). The molecule has 0 spiro atoms. The number of rotatable bonds is 4. The third kappa shape index (κ3) is 3.36. The van der Waals surface area contributed by atoms with Crippen LogP contribution < -0.4 is 4.74 Å². The first-order valence-electron chi connectivity index (χ1n) is 9.68. The Hall–Kier alpha value is -3.26. The molecule has 1 aliphatic carbocycles. The Bertz CT molecular complexity index is 1090. The zero-order valence-electron chi connectivity index (χ0n) is 15.8. The van der Waals surface area contributed by atoms with Gasteiger partial charge in [0.15, 0.2) is 5.78 Å². The van der Waals surface area contributed by atoms with Gasteiger partial charge in [-0.25, -0.2) is 0 Å². The fourth-order valence-corrected chi connectivity index (χ4v) is 3.94. The number of ketones is 1. The van der Waals surface area contributed by atoms with E-state index >= 15 is 0 Å². The molecule has 1 aliphatic heterocycles. The van der Waals surface area contributed by atoms with Crippen LogP contribution in [0.3, 0.4) is 0 Å². The fraction of sp³-hybridized carbons (Fsp3) is 0.333. The third-order valence-corrected chi connectivity index (χ3v) is 5.45. The number of hydrogen-bond acceptors (Lipinski definition) is 6. The molecule has 5 rings (SSSR count). The van der Waals surface area contributed by atoms with Gasteiger partial charge < -0.3 is 14.4 Å². The van der Waals surface area contributed by atoms with Gasteiger partial charge in [-0.05, 0) is 30.7 Å². The molecule has 2 aromatic carbocycles. The molecule has 8 nitrogen and oxygen atoms in total. The van der Waals surface area contributed by atoms with Crippen LogP contribution in [0.15, 0.2) is 36.4 Å². The molecule has 3 aromatic rings. The molecule has 2 aliphatic rings. The number of carbonyl (C=O) groups is 2. The summed E-state index contributed by atoms with van der Waals surface area (Å²) in [6.45, 7) is 1.76. The molecule has 1 N–H and O–H groups in total. The van der Waals surface area contributed by atoms with Gasteiger partial charge in [-0.3, -0.25) is 9.59 Å². The van der Waals surface area contributed by atoms with Crippen LogP contribution in [0.4, 0.5) is 0 Å². The van der Waals surface area contributed by atoms with E-state index in [9.17, 15) is 9.59 Å². The second-order valence-corrected chi connectivity index (χ2v) is 7.29. The average Bonchev–Trinajstić information content (AvgIpc) is 3.38. The first-order valence-corrected chi connectivity index (χ1v) is 9.68. The van der Waals surface area contributed by atoms with Crippen LogP contribution in [0.2, 0.25) is 0 Å². The number of amides is 1. The van der Waals surface area contributed by atoms with Crippen molar-refractivity contribution in [1.29, 1.82) is 0 Å². The highest BCUT2D eigenvalue weighted by molar-refractivity contribution is 6.01. The van der Waals surface area contributed by atoms with Crippen LogP contribution >= 0.6 is 0 Å². The lowest BCUT2D eigenvalue weighted by Gasteiger charge is -2.33. The zero-order chi connectivity index (χ0) is 19.8. The van der Waals surface area contributed by atoms with Crippen LogP contribution in [0.1, 0.15) is 32.7 Å². The van der Waals surface area contributed by atoms with Crippen molar-refractivity contribution in [1.82, 2.24) is 20.3 Å². The predicted molar refractivity (Wildman–Crippen MR) is 104 cm³/mol. The Morgan fingerprint density at radius 1 is 1.21 bits per heavy atom. The number of nitrogens with one attached hydrogen (secondary N) is 1. The molecule has 2 heterocycles. The largest absolute Gasteiger partial charge is 0.491 e.